The number of benzene rings is 1. The lowest BCUT2D eigenvalue weighted by atomic mass is 9.45. The molecule has 26 heavy (non-hydrogen) atoms. The number of allylic oxidation sites excluding steroid dienone is 2. The number of carbonyl (C=O) groups excluding carboxylic acids is 1. The summed E-state index contributed by atoms with van der Waals surface area (Å²) >= 11 is 0. The van der Waals surface area contributed by atoms with Gasteiger partial charge in [-0.25, -0.2) is 0 Å². The molecule has 3 heteroatoms. The Labute approximate surface area is 157 Å². The summed E-state index contributed by atoms with van der Waals surface area (Å²) in [6, 6.07) is 10.2. The molecule has 1 fully saturated rings. The lowest BCUT2D eigenvalue weighted by Crippen LogP contribution is -2.59. The number of hydrogen-bond donors (Lipinski definition) is 1. The third kappa shape index (κ3) is 3.16. The summed E-state index contributed by atoms with van der Waals surface area (Å²) in [6.07, 6.45) is 6.67. The summed E-state index contributed by atoms with van der Waals surface area (Å²) in [6.45, 7) is 7.83. The summed E-state index contributed by atoms with van der Waals surface area (Å²) < 4.78 is 5.97. The van der Waals surface area contributed by atoms with E-state index in [2.05, 4.69) is 45.1 Å². The zero-order valence-corrected chi connectivity index (χ0v) is 16.3. The monoisotopic (exact) mass is 356 g/mol. The predicted molar refractivity (Wildman–Crippen MR) is 104 cm³/mol. The van der Waals surface area contributed by atoms with Gasteiger partial charge in [0.25, 0.3) is 0 Å². The molecule has 1 saturated carbocycles. The van der Waals surface area contributed by atoms with Gasteiger partial charge < -0.3 is 9.84 Å². The van der Waals surface area contributed by atoms with Crippen LogP contribution in [-0.4, -0.2) is 24.1 Å². The molecule has 0 heterocycles. The number of ether oxygens (including phenoxy) is 1. The molecule has 5 atom stereocenters. The van der Waals surface area contributed by atoms with Crippen LogP contribution in [0.25, 0.3) is 0 Å². The number of aliphatic hydroxyl groups excluding tert-OH is 1. The SMILES string of the molecule is C[C@@H]1CC(=O)[C@@]2(CO)[C@@H](C)C=CC[C@H]2[C@]1(C)CCOCc1ccccc1. The molecule has 2 aliphatic carbocycles. The van der Waals surface area contributed by atoms with Crippen LogP contribution in [-0.2, 0) is 16.1 Å². The van der Waals surface area contributed by atoms with Crippen LogP contribution >= 0.6 is 0 Å². The van der Waals surface area contributed by atoms with Crippen molar-refractivity contribution in [2.45, 2.75) is 46.6 Å². The van der Waals surface area contributed by atoms with Crippen molar-refractivity contribution < 1.29 is 14.6 Å². The molecule has 3 nitrogen and oxygen atoms in total. The van der Waals surface area contributed by atoms with Crippen molar-refractivity contribution in [2.75, 3.05) is 13.2 Å². The number of ketones is 1. The quantitative estimate of drug-likeness (QED) is 0.607. The van der Waals surface area contributed by atoms with E-state index in [4.69, 9.17) is 4.74 Å². The van der Waals surface area contributed by atoms with Crippen LogP contribution in [0, 0.1) is 28.6 Å². The van der Waals surface area contributed by atoms with Gasteiger partial charge >= 0.3 is 0 Å². The van der Waals surface area contributed by atoms with Crippen molar-refractivity contribution in [3.63, 3.8) is 0 Å². The second kappa shape index (κ2) is 7.66. The summed E-state index contributed by atoms with van der Waals surface area (Å²) in [5.41, 5.74) is 0.561. The van der Waals surface area contributed by atoms with Crippen molar-refractivity contribution in [3.05, 3.63) is 48.0 Å². The van der Waals surface area contributed by atoms with Gasteiger partial charge in [-0.1, -0.05) is 63.3 Å². The number of aliphatic hydroxyl groups is 1. The summed E-state index contributed by atoms with van der Waals surface area (Å²) in [7, 11) is 0. The number of fused-ring (bicyclic) bond motifs is 1. The minimum Gasteiger partial charge on any atom is -0.395 e. The number of hydrogen-bond acceptors (Lipinski definition) is 3. The van der Waals surface area contributed by atoms with Gasteiger partial charge in [0.1, 0.15) is 5.78 Å². The molecule has 0 spiro atoms. The number of rotatable bonds is 6. The number of carbonyl (C=O) groups is 1. The Kier molecular flexibility index (Phi) is 5.69. The Morgan fingerprint density at radius 2 is 1.96 bits per heavy atom. The third-order valence-electron chi connectivity index (χ3n) is 7.32. The molecule has 1 aromatic carbocycles. The molecule has 3 rings (SSSR count). The molecule has 1 N–H and O–H groups in total. The zero-order valence-electron chi connectivity index (χ0n) is 16.3. The lowest BCUT2D eigenvalue weighted by molar-refractivity contribution is -0.163. The first-order valence-corrected chi connectivity index (χ1v) is 9.87. The van der Waals surface area contributed by atoms with Crippen LogP contribution in [0.4, 0.5) is 0 Å². The molecule has 0 unspecified atom stereocenters. The smallest absolute Gasteiger partial charge is 0.142 e. The highest BCUT2D eigenvalue weighted by atomic mass is 16.5. The molecule has 0 aromatic heterocycles. The van der Waals surface area contributed by atoms with Crippen molar-refractivity contribution >= 4 is 5.78 Å². The molecular weight excluding hydrogens is 324 g/mol. The van der Waals surface area contributed by atoms with Gasteiger partial charge in [0.05, 0.1) is 18.6 Å². The van der Waals surface area contributed by atoms with Gasteiger partial charge in [-0.3, -0.25) is 4.79 Å². The summed E-state index contributed by atoms with van der Waals surface area (Å²) in [5, 5.41) is 10.3. The Morgan fingerprint density at radius 1 is 1.23 bits per heavy atom. The maximum absolute atomic E-state index is 13.0. The second-order valence-electron chi connectivity index (χ2n) is 8.53. The zero-order chi connectivity index (χ0) is 18.8. The van der Waals surface area contributed by atoms with Crippen molar-refractivity contribution in [1.82, 2.24) is 0 Å². The van der Waals surface area contributed by atoms with E-state index in [1.165, 1.54) is 5.56 Å². The number of Topliss-reactive ketones (excluding diaryl/α,β-unsaturated/α-hetero) is 1. The Bertz CT molecular complexity index is 653. The van der Waals surface area contributed by atoms with Gasteiger partial charge in [0, 0.05) is 13.0 Å². The fraction of sp³-hybridized carbons (Fsp3) is 0.609. The lowest BCUT2D eigenvalue weighted by Gasteiger charge is -2.58. The van der Waals surface area contributed by atoms with Crippen LogP contribution in [0.1, 0.15) is 45.6 Å². The predicted octanol–water partition coefficient (Wildman–Crippen LogP) is 4.40. The van der Waals surface area contributed by atoms with E-state index < -0.39 is 5.41 Å². The molecule has 0 saturated heterocycles. The van der Waals surface area contributed by atoms with Crippen molar-refractivity contribution in [1.29, 1.82) is 0 Å². The Hall–Kier alpha value is -1.45. The minimum absolute atomic E-state index is 0.00759. The van der Waals surface area contributed by atoms with Gasteiger partial charge in [0.15, 0.2) is 0 Å². The van der Waals surface area contributed by atoms with Crippen LogP contribution in [0.5, 0.6) is 0 Å². The van der Waals surface area contributed by atoms with E-state index >= 15 is 0 Å². The average molecular weight is 357 g/mol. The van der Waals surface area contributed by atoms with Crippen molar-refractivity contribution in [2.24, 2.45) is 28.6 Å². The first-order chi connectivity index (χ1) is 12.4. The highest BCUT2D eigenvalue weighted by Crippen LogP contribution is 2.59. The molecule has 142 valence electrons. The molecule has 0 bridgehead atoms. The third-order valence-corrected chi connectivity index (χ3v) is 7.32. The first kappa shape index (κ1) is 19.3. The van der Waals surface area contributed by atoms with Crippen LogP contribution in [0.3, 0.4) is 0 Å². The standard InChI is InChI=1S/C23H32O3/c1-17-8-7-11-20-22(3,18(2)14-21(25)23(17,20)16-24)12-13-26-15-19-9-5-4-6-10-19/h4-10,17-18,20,24H,11-16H2,1-3H3/t17-,18+,20-,22+,23-/m0/s1. The van der Waals surface area contributed by atoms with Crippen LogP contribution < -0.4 is 0 Å². The largest absolute Gasteiger partial charge is 0.395 e. The highest BCUT2D eigenvalue weighted by molar-refractivity contribution is 5.87. The summed E-state index contributed by atoms with van der Waals surface area (Å²) in [4.78, 5) is 13.0. The molecule has 0 aliphatic heterocycles. The fourth-order valence-electron chi connectivity index (χ4n) is 5.29. The van der Waals surface area contributed by atoms with E-state index in [0.29, 0.717) is 25.6 Å². The minimum atomic E-state index is -0.616. The van der Waals surface area contributed by atoms with E-state index in [-0.39, 0.29) is 29.6 Å². The maximum Gasteiger partial charge on any atom is 0.142 e. The normalized spacial score (nSPS) is 36.8. The Balaban J connectivity index is 1.73. The molecule has 0 radical (unpaired) electrons. The van der Waals surface area contributed by atoms with Gasteiger partial charge in [-0.2, -0.15) is 0 Å². The first-order valence-electron chi connectivity index (χ1n) is 9.87. The molecule has 0 amide bonds. The maximum atomic E-state index is 13.0. The van der Waals surface area contributed by atoms with Gasteiger partial charge in [0.2, 0.25) is 0 Å². The molecule has 1 aromatic rings. The molecular formula is C23H32O3. The van der Waals surface area contributed by atoms with Gasteiger partial charge in [-0.05, 0) is 41.6 Å². The van der Waals surface area contributed by atoms with E-state index in [9.17, 15) is 9.90 Å². The summed E-state index contributed by atoms with van der Waals surface area (Å²) in [5.74, 6) is 0.822. The topological polar surface area (TPSA) is 46.5 Å². The van der Waals surface area contributed by atoms with E-state index in [0.717, 1.165) is 12.8 Å². The van der Waals surface area contributed by atoms with Gasteiger partial charge in [-0.15, -0.1) is 0 Å². The highest BCUT2D eigenvalue weighted by Gasteiger charge is 2.60. The van der Waals surface area contributed by atoms with E-state index in [1.54, 1.807) is 0 Å². The van der Waals surface area contributed by atoms with E-state index in [1.807, 2.05) is 18.2 Å². The second-order valence-corrected chi connectivity index (χ2v) is 8.53. The molecule has 2 aliphatic rings. The van der Waals surface area contributed by atoms with Crippen LogP contribution in [0.2, 0.25) is 0 Å². The fourth-order valence-corrected chi connectivity index (χ4v) is 5.29. The Morgan fingerprint density at radius 3 is 2.65 bits per heavy atom. The average Bonchev–Trinajstić information content (AvgIpc) is 2.64. The van der Waals surface area contributed by atoms with Crippen LogP contribution in [0.15, 0.2) is 42.5 Å². The van der Waals surface area contributed by atoms with Crippen molar-refractivity contribution in [3.8, 4) is 0 Å².